The van der Waals surface area contributed by atoms with Crippen LogP contribution in [0.5, 0.6) is 0 Å². The summed E-state index contributed by atoms with van der Waals surface area (Å²) in [5.74, 6) is 5.11. The third-order valence-electron chi connectivity index (χ3n) is 1.99. The average Bonchev–Trinajstić information content (AvgIpc) is 3.03. The van der Waals surface area contributed by atoms with Crippen molar-refractivity contribution in [1.82, 2.24) is 0 Å². The number of fused-ring (bicyclic) bond motifs is 1. The van der Waals surface area contributed by atoms with Gasteiger partial charge in [0.15, 0.2) is 0 Å². The van der Waals surface area contributed by atoms with E-state index in [4.69, 9.17) is 0 Å². The van der Waals surface area contributed by atoms with E-state index in [0.717, 1.165) is 8.19 Å². The normalized spacial score (nSPS) is 7.17. The Labute approximate surface area is 169 Å². The van der Waals surface area contributed by atoms with Crippen molar-refractivity contribution in [3.8, 4) is 0 Å². The van der Waals surface area contributed by atoms with Crippen molar-refractivity contribution in [3.63, 3.8) is 0 Å². The van der Waals surface area contributed by atoms with E-state index in [9.17, 15) is 0 Å². The maximum absolute atomic E-state index is 3.01. The van der Waals surface area contributed by atoms with Gasteiger partial charge >= 0.3 is 37.6 Å². The zero-order valence-electron chi connectivity index (χ0n) is 14.6. The van der Waals surface area contributed by atoms with Gasteiger partial charge in [0.25, 0.3) is 0 Å². The molecule has 4 heteroatoms. The van der Waals surface area contributed by atoms with Gasteiger partial charge in [0.05, 0.1) is 0 Å². The van der Waals surface area contributed by atoms with Crippen LogP contribution in [0.15, 0.2) is 60.4 Å². The zero-order chi connectivity index (χ0) is 13.2. The number of benzene rings is 1. The summed E-state index contributed by atoms with van der Waals surface area (Å²) in [7, 11) is 0.823. The molecule has 1 heterocycles. The van der Waals surface area contributed by atoms with Gasteiger partial charge in [-0.25, -0.2) is 6.07 Å². The molecule has 0 spiro atoms. The molecular weight excluding hydrogens is 378 g/mol. The molecule has 0 bridgehead atoms. The zero-order valence-corrected chi connectivity index (χ0v) is 18.8. The van der Waals surface area contributed by atoms with Crippen LogP contribution in [0.3, 0.4) is 0 Å². The van der Waals surface area contributed by atoms with Crippen LogP contribution in [0.25, 0.3) is 10.8 Å². The minimum Gasteiger partial charge on any atom is -0.358 e. The van der Waals surface area contributed by atoms with Crippen molar-refractivity contribution in [2.75, 3.05) is 0 Å². The number of hydrogen-bond donors (Lipinski definition) is 0. The van der Waals surface area contributed by atoms with Crippen LogP contribution in [0.2, 0.25) is 0 Å². The Balaban J connectivity index is -0.0000000690. The summed E-state index contributed by atoms with van der Waals surface area (Å²) in [6.45, 7) is 4.17. The molecule has 1 unspecified atom stereocenters. The monoisotopic (exact) mass is 405 g/mol. The van der Waals surface area contributed by atoms with Gasteiger partial charge in [-0.2, -0.15) is 35.2 Å². The summed E-state index contributed by atoms with van der Waals surface area (Å²) in [6, 6.07) is 18.6. The Morgan fingerprint density at radius 2 is 1.57 bits per heavy atom. The molecular formula is C19H28Cl2PTi-5. The smallest absolute Gasteiger partial charge is 0.0809 e. The largest absolute Gasteiger partial charge is 0.358 e. The summed E-state index contributed by atoms with van der Waals surface area (Å²) in [6.07, 6.45) is 0. The quantitative estimate of drug-likeness (QED) is 0.278. The summed E-state index contributed by atoms with van der Waals surface area (Å²) < 4.78 is 1.42. The molecule has 0 aliphatic carbocycles. The van der Waals surface area contributed by atoms with E-state index in [0.29, 0.717) is 0 Å². The maximum Gasteiger partial charge on any atom is -0.0809 e. The second kappa shape index (κ2) is 21.8. The van der Waals surface area contributed by atoms with Crippen molar-refractivity contribution in [2.45, 2.75) is 13.8 Å². The predicted molar refractivity (Wildman–Crippen MR) is 114 cm³/mol. The van der Waals surface area contributed by atoms with Crippen LogP contribution >= 0.6 is 33.0 Å². The van der Waals surface area contributed by atoms with Crippen molar-refractivity contribution in [3.05, 3.63) is 88.5 Å². The van der Waals surface area contributed by atoms with Crippen LogP contribution < -0.4 is 0 Å². The van der Waals surface area contributed by atoms with Crippen LogP contribution in [-0.2, 0) is 20.0 Å². The molecule has 3 aromatic rings. The molecule has 1 atom stereocenters. The Hall–Kier alpha value is -0.226. The molecule has 0 amide bonds. The van der Waals surface area contributed by atoms with Gasteiger partial charge in [-0.05, 0) is 0 Å². The van der Waals surface area contributed by atoms with Gasteiger partial charge in [0.2, 0.25) is 0 Å². The Kier molecular flexibility index (Phi) is 32.4. The molecule has 0 aliphatic rings. The van der Waals surface area contributed by atoms with Crippen LogP contribution in [0.1, 0.15) is 13.8 Å². The average molecular weight is 406 g/mol. The minimum absolute atomic E-state index is 0. The third kappa shape index (κ3) is 18.0. The van der Waals surface area contributed by atoms with Crippen LogP contribution in [0, 0.1) is 28.1 Å². The van der Waals surface area contributed by atoms with E-state index in [2.05, 4.69) is 87.9 Å². The molecule has 0 saturated heterocycles. The van der Waals surface area contributed by atoms with Crippen molar-refractivity contribution < 1.29 is 20.0 Å². The van der Waals surface area contributed by atoms with E-state index in [1.807, 2.05) is 12.1 Å². The summed E-state index contributed by atoms with van der Waals surface area (Å²) in [4.78, 5) is 0. The fourth-order valence-corrected chi connectivity index (χ4v) is 1.79. The predicted octanol–water partition coefficient (Wildman–Crippen LogP) is 7.02. The molecule has 0 saturated carbocycles. The second-order valence-corrected chi connectivity index (χ2v) is 6.44. The Bertz CT molecular complexity index is 508. The van der Waals surface area contributed by atoms with Gasteiger partial charge < -0.3 is 22.3 Å². The van der Waals surface area contributed by atoms with Crippen molar-refractivity contribution in [1.29, 1.82) is 0 Å². The number of halogens is 2. The Morgan fingerprint density at radius 1 is 1.00 bits per heavy atom. The molecule has 0 N–H and O–H groups in total. The standard InChI is InChI=1S/C9H7.C4H4P.C3H6.3CH3.2ClH.Ti/c1-2-5-9-7-3-6-8(9)4-1;1-2-4-5-3-1;1-3-2;;;;;;/h1-7H;1-3,5H;1-2H3;3*1H3;2*1H;/q2*-1;;3*-1;;;. The third-order valence-corrected chi connectivity index (χ3v) is 2.68. The molecule has 3 rings (SSSR count). The molecule has 0 fully saturated rings. The van der Waals surface area contributed by atoms with Crippen molar-refractivity contribution >= 4 is 47.6 Å². The number of rotatable bonds is 0. The summed E-state index contributed by atoms with van der Waals surface area (Å²) >= 11 is 2.08. The van der Waals surface area contributed by atoms with E-state index in [-0.39, 0.29) is 47.1 Å². The fourth-order valence-electron chi connectivity index (χ4n) is 1.31. The first-order valence-electron chi connectivity index (χ1n) is 5.82. The van der Waals surface area contributed by atoms with Gasteiger partial charge in [-0.15, -0.1) is 54.5 Å². The van der Waals surface area contributed by atoms with E-state index < -0.39 is 0 Å². The molecule has 0 aliphatic heterocycles. The number of hydrogen-bond acceptors (Lipinski definition) is 0. The molecule has 0 radical (unpaired) electrons. The van der Waals surface area contributed by atoms with Gasteiger partial charge in [0.1, 0.15) is 0 Å². The minimum atomic E-state index is 0. The van der Waals surface area contributed by atoms with Gasteiger partial charge in [0, 0.05) is 0 Å². The maximum atomic E-state index is 3.01. The van der Waals surface area contributed by atoms with E-state index >= 15 is 0 Å². The topological polar surface area (TPSA) is 0 Å². The van der Waals surface area contributed by atoms with E-state index in [1.165, 1.54) is 14.6 Å². The fraction of sp³-hybridized carbons (Fsp3) is 0.105. The molecule has 2 aromatic carbocycles. The SMILES string of the molecule is C[C](C)=[Ti].Cl.Cl.[CH3-].[CH3-].[CH3-].[c-]1ccc[pH]1.c1ccc2[cH-]ccc2c1. The van der Waals surface area contributed by atoms with E-state index in [1.54, 1.807) is 0 Å². The molecule has 0 nitrogen and oxygen atoms in total. The van der Waals surface area contributed by atoms with Crippen LogP contribution in [0.4, 0.5) is 0 Å². The molecule has 23 heavy (non-hydrogen) atoms. The van der Waals surface area contributed by atoms with Gasteiger partial charge in [-0.1, -0.05) is 6.07 Å². The Morgan fingerprint density at radius 3 is 1.96 bits per heavy atom. The second-order valence-electron chi connectivity index (χ2n) is 3.97. The van der Waals surface area contributed by atoms with Crippen LogP contribution in [-0.4, -0.2) is 3.81 Å². The summed E-state index contributed by atoms with van der Waals surface area (Å²) in [5.41, 5.74) is 0. The molecule has 132 valence electrons. The van der Waals surface area contributed by atoms with Crippen molar-refractivity contribution in [2.24, 2.45) is 0 Å². The first-order chi connectivity index (χ1) is 8.70. The first kappa shape index (κ1) is 34.2. The first-order valence-corrected chi connectivity index (χ1v) is 7.67. The summed E-state index contributed by atoms with van der Waals surface area (Å²) in [5, 5.41) is 2.66. The molecule has 1 aromatic heterocycles. The van der Waals surface area contributed by atoms with Gasteiger partial charge in [-0.3, -0.25) is 8.19 Å².